The van der Waals surface area contributed by atoms with Gasteiger partial charge < -0.3 is 11.1 Å². The van der Waals surface area contributed by atoms with Crippen molar-refractivity contribution in [2.24, 2.45) is 5.73 Å². The molecule has 1 aromatic carbocycles. The lowest BCUT2D eigenvalue weighted by atomic mass is 10.1. The van der Waals surface area contributed by atoms with Gasteiger partial charge in [-0.2, -0.15) is 0 Å². The highest BCUT2D eigenvalue weighted by Gasteiger charge is 1.91. The molecule has 72 valence electrons. The average molecular weight is 200 g/mol. The van der Waals surface area contributed by atoms with Crippen molar-refractivity contribution in [1.82, 2.24) is 5.32 Å². The number of halogens is 1. The summed E-state index contributed by atoms with van der Waals surface area (Å²) < 4.78 is 0. The first kappa shape index (κ1) is 11.8. The summed E-state index contributed by atoms with van der Waals surface area (Å²) in [6.45, 7) is 2.66. The first-order valence-corrected chi connectivity index (χ1v) is 3.82. The number of rotatable bonds is 2. The van der Waals surface area contributed by atoms with Gasteiger partial charge in [0.25, 0.3) is 0 Å². The number of hydrogen-bond acceptors (Lipinski definition) is 1. The third-order valence-electron chi connectivity index (χ3n) is 1.60. The van der Waals surface area contributed by atoms with E-state index < -0.39 is 0 Å². The standard InChI is InChI=1S/C9H13N3.ClH/c1-7-2-4-8(5-3-7)6-12-9(10)11;/h2-5H,6H2,1H3,(H4,10,11,12);1H. The van der Waals surface area contributed by atoms with Gasteiger partial charge in [-0.25, -0.2) is 0 Å². The van der Waals surface area contributed by atoms with Crippen molar-refractivity contribution >= 4 is 18.4 Å². The van der Waals surface area contributed by atoms with Crippen molar-refractivity contribution in [2.75, 3.05) is 0 Å². The zero-order chi connectivity index (χ0) is 8.97. The molecule has 0 saturated heterocycles. The van der Waals surface area contributed by atoms with E-state index in [4.69, 9.17) is 11.1 Å². The highest BCUT2D eigenvalue weighted by Crippen LogP contribution is 2.01. The minimum atomic E-state index is 0. The van der Waals surface area contributed by atoms with Gasteiger partial charge in [-0.1, -0.05) is 29.8 Å². The molecule has 0 radical (unpaired) electrons. The van der Waals surface area contributed by atoms with Crippen LogP contribution in [0.15, 0.2) is 24.3 Å². The molecule has 0 amide bonds. The van der Waals surface area contributed by atoms with Crippen LogP contribution in [0.1, 0.15) is 11.1 Å². The highest BCUT2D eigenvalue weighted by atomic mass is 35.5. The van der Waals surface area contributed by atoms with Gasteiger partial charge in [-0.15, -0.1) is 12.4 Å². The van der Waals surface area contributed by atoms with Crippen molar-refractivity contribution in [1.29, 1.82) is 5.41 Å². The molecular weight excluding hydrogens is 186 g/mol. The normalized spacial score (nSPS) is 8.69. The number of guanidine groups is 1. The van der Waals surface area contributed by atoms with E-state index in [9.17, 15) is 0 Å². The van der Waals surface area contributed by atoms with E-state index in [2.05, 4.69) is 5.32 Å². The van der Waals surface area contributed by atoms with Crippen LogP contribution in [-0.2, 0) is 6.54 Å². The van der Waals surface area contributed by atoms with Crippen LogP contribution in [0.5, 0.6) is 0 Å². The van der Waals surface area contributed by atoms with Gasteiger partial charge in [-0.3, -0.25) is 5.41 Å². The Labute approximate surface area is 84.3 Å². The van der Waals surface area contributed by atoms with Crippen LogP contribution in [0, 0.1) is 12.3 Å². The van der Waals surface area contributed by atoms with Crippen LogP contribution < -0.4 is 11.1 Å². The number of hydrogen-bond donors (Lipinski definition) is 3. The molecule has 4 heteroatoms. The molecule has 1 rings (SSSR count). The van der Waals surface area contributed by atoms with Gasteiger partial charge in [0.2, 0.25) is 0 Å². The second-order valence-corrected chi connectivity index (χ2v) is 2.75. The maximum absolute atomic E-state index is 6.95. The van der Waals surface area contributed by atoms with Crippen molar-refractivity contribution in [3.8, 4) is 0 Å². The third kappa shape index (κ3) is 4.38. The fourth-order valence-electron chi connectivity index (χ4n) is 0.903. The lowest BCUT2D eigenvalue weighted by Crippen LogP contribution is -2.29. The Morgan fingerprint density at radius 3 is 2.38 bits per heavy atom. The molecule has 1 aromatic rings. The summed E-state index contributed by atoms with van der Waals surface area (Å²) in [7, 11) is 0. The molecule has 0 saturated carbocycles. The molecule has 0 aliphatic rings. The number of aryl methyl sites for hydroxylation is 1. The Balaban J connectivity index is 0.00000144. The second kappa shape index (κ2) is 5.43. The van der Waals surface area contributed by atoms with Crippen LogP contribution in [0.2, 0.25) is 0 Å². The molecule has 3 nitrogen and oxygen atoms in total. The quantitative estimate of drug-likeness (QED) is 0.498. The van der Waals surface area contributed by atoms with Gasteiger partial charge >= 0.3 is 0 Å². The molecule has 0 aromatic heterocycles. The average Bonchev–Trinajstić information content (AvgIpc) is 2.03. The lowest BCUT2D eigenvalue weighted by Gasteiger charge is -2.03. The predicted molar refractivity (Wildman–Crippen MR) is 57.2 cm³/mol. The van der Waals surface area contributed by atoms with E-state index in [-0.39, 0.29) is 18.4 Å². The van der Waals surface area contributed by atoms with Crippen molar-refractivity contribution in [3.05, 3.63) is 35.4 Å². The van der Waals surface area contributed by atoms with E-state index in [0.29, 0.717) is 6.54 Å². The summed E-state index contributed by atoms with van der Waals surface area (Å²) in [5.41, 5.74) is 7.51. The van der Waals surface area contributed by atoms with Gasteiger partial charge in [-0.05, 0) is 12.5 Å². The molecule has 0 aliphatic heterocycles. The van der Waals surface area contributed by atoms with Crippen molar-refractivity contribution in [3.63, 3.8) is 0 Å². The van der Waals surface area contributed by atoms with Crippen LogP contribution in [0.3, 0.4) is 0 Å². The minimum Gasteiger partial charge on any atom is -0.370 e. The summed E-state index contributed by atoms with van der Waals surface area (Å²) in [6, 6.07) is 8.12. The molecule has 0 bridgehead atoms. The highest BCUT2D eigenvalue weighted by molar-refractivity contribution is 5.85. The summed E-state index contributed by atoms with van der Waals surface area (Å²) >= 11 is 0. The molecule has 0 fully saturated rings. The molecule has 0 aliphatic carbocycles. The van der Waals surface area contributed by atoms with Crippen LogP contribution in [0.4, 0.5) is 0 Å². The largest absolute Gasteiger partial charge is 0.370 e. The number of nitrogens with one attached hydrogen (secondary N) is 2. The summed E-state index contributed by atoms with van der Waals surface area (Å²) in [6.07, 6.45) is 0. The molecular formula is C9H14ClN3. The number of benzene rings is 1. The Morgan fingerprint density at radius 1 is 1.38 bits per heavy atom. The minimum absolute atomic E-state index is 0. The lowest BCUT2D eigenvalue weighted by molar-refractivity contribution is 0.896. The van der Waals surface area contributed by atoms with Gasteiger partial charge in [0.05, 0.1) is 0 Å². The predicted octanol–water partition coefficient (Wildman–Crippen LogP) is 1.40. The van der Waals surface area contributed by atoms with Crippen LogP contribution >= 0.6 is 12.4 Å². The smallest absolute Gasteiger partial charge is 0.185 e. The molecule has 13 heavy (non-hydrogen) atoms. The Bertz CT molecular complexity index is 269. The summed E-state index contributed by atoms with van der Waals surface area (Å²) in [4.78, 5) is 0. The van der Waals surface area contributed by atoms with E-state index in [1.807, 2.05) is 31.2 Å². The maximum Gasteiger partial charge on any atom is 0.185 e. The van der Waals surface area contributed by atoms with Crippen molar-refractivity contribution in [2.45, 2.75) is 13.5 Å². The molecule has 4 N–H and O–H groups in total. The Kier molecular flexibility index (Phi) is 4.92. The molecule has 0 unspecified atom stereocenters. The number of nitrogens with two attached hydrogens (primary N) is 1. The summed E-state index contributed by atoms with van der Waals surface area (Å²) in [5.74, 6) is 0.00979. The van der Waals surface area contributed by atoms with Gasteiger partial charge in [0, 0.05) is 6.54 Å². The SMILES string of the molecule is Cc1ccc(CNC(=N)N)cc1.Cl. The molecule has 0 spiro atoms. The van der Waals surface area contributed by atoms with Crippen LogP contribution in [0.25, 0.3) is 0 Å². The van der Waals surface area contributed by atoms with Gasteiger partial charge in [0.15, 0.2) is 5.96 Å². The van der Waals surface area contributed by atoms with E-state index in [1.165, 1.54) is 5.56 Å². The zero-order valence-corrected chi connectivity index (χ0v) is 8.32. The van der Waals surface area contributed by atoms with E-state index in [0.717, 1.165) is 5.56 Å². The summed E-state index contributed by atoms with van der Waals surface area (Å²) in [5, 5.41) is 9.69. The monoisotopic (exact) mass is 199 g/mol. The van der Waals surface area contributed by atoms with E-state index in [1.54, 1.807) is 0 Å². The van der Waals surface area contributed by atoms with Crippen LogP contribution in [-0.4, -0.2) is 5.96 Å². The first-order valence-electron chi connectivity index (χ1n) is 3.82. The topological polar surface area (TPSA) is 61.9 Å². The third-order valence-corrected chi connectivity index (χ3v) is 1.60. The van der Waals surface area contributed by atoms with Gasteiger partial charge in [0.1, 0.15) is 0 Å². The molecule has 0 atom stereocenters. The fourth-order valence-corrected chi connectivity index (χ4v) is 0.903. The second-order valence-electron chi connectivity index (χ2n) is 2.75. The molecule has 0 heterocycles. The zero-order valence-electron chi connectivity index (χ0n) is 7.50. The first-order chi connectivity index (χ1) is 5.68. The Hall–Kier alpha value is -1.22. The maximum atomic E-state index is 6.95. The Morgan fingerprint density at radius 2 is 1.92 bits per heavy atom. The van der Waals surface area contributed by atoms with E-state index >= 15 is 0 Å². The van der Waals surface area contributed by atoms with Crippen molar-refractivity contribution < 1.29 is 0 Å². The fraction of sp³-hybridized carbons (Fsp3) is 0.222.